The van der Waals surface area contributed by atoms with Gasteiger partial charge >= 0.3 is 24.1 Å². The number of rotatable bonds is 29. The van der Waals surface area contributed by atoms with E-state index in [0.717, 1.165) is 9.80 Å². The summed E-state index contributed by atoms with van der Waals surface area (Å²) in [4.78, 5) is 127. The third-order valence-electron chi connectivity index (χ3n) is 18.4. The number of hydrogen-bond acceptors (Lipinski definition) is 23. The Bertz CT molecular complexity index is 3930. The number of unbranched alkanes of at least 4 members (excludes halogenated alkanes) is 2. The van der Waals surface area contributed by atoms with Gasteiger partial charge in [-0.1, -0.05) is 77.1 Å². The number of aryl methyl sites for hydroxylation is 2. The number of aliphatic hydroxyl groups excluding tert-OH is 5. The van der Waals surface area contributed by atoms with Crippen molar-refractivity contribution in [1.82, 2.24) is 20.4 Å². The van der Waals surface area contributed by atoms with Gasteiger partial charge in [-0.15, -0.1) is 0 Å². The predicted octanol–water partition coefficient (Wildman–Crippen LogP) is 5.92. The molecule has 9 rings (SSSR count). The Balaban J connectivity index is 0.820. The number of fused-ring (bicyclic) bond motifs is 4. The summed E-state index contributed by atoms with van der Waals surface area (Å²) in [5.74, 6) is -4.50. The normalized spacial score (nSPS) is 22.0. The number of esters is 1. The number of methoxy groups -OCH3 is 1. The van der Waals surface area contributed by atoms with E-state index >= 15 is 0 Å². The molecule has 11 atom stereocenters. The van der Waals surface area contributed by atoms with Crippen LogP contribution in [0, 0.1) is 25.2 Å². The molecule has 30 heteroatoms. The number of nitrogens with one attached hydrogen (secondary N) is 2. The summed E-state index contributed by atoms with van der Waals surface area (Å²) in [7, 11) is 1.53. The van der Waals surface area contributed by atoms with Gasteiger partial charge in [-0.3, -0.25) is 24.0 Å². The van der Waals surface area contributed by atoms with Crippen LogP contribution in [-0.2, 0) is 56.1 Å². The number of anilines is 2. The van der Waals surface area contributed by atoms with Crippen LogP contribution in [0.15, 0.2) is 91.0 Å². The van der Waals surface area contributed by atoms with Crippen LogP contribution in [0.25, 0.3) is 0 Å². The number of carbonyl (C=O) groups is 9. The van der Waals surface area contributed by atoms with E-state index in [1.807, 2.05) is 20.8 Å². The maximum absolute atomic E-state index is 14.5. The lowest BCUT2D eigenvalue weighted by Crippen LogP contribution is -2.61. The zero-order valence-corrected chi connectivity index (χ0v) is 60.3. The van der Waals surface area contributed by atoms with Crippen LogP contribution in [-0.4, -0.2) is 215 Å². The Labute approximate surface area is 607 Å². The van der Waals surface area contributed by atoms with Crippen LogP contribution in [0.1, 0.15) is 140 Å². The molecule has 0 saturated carbocycles. The van der Waals surface area contributed by atoms with Gasteiger partial charge in [-0.25, -0.2) is 29.0 Å². The molecule has 30 nitrogen and oxygen atoms in total. The van der Waals surface area contributed by atoms with Crippen molar-refractivity contribution in [1.29, 1.82) is 0 Å². The summed E-state index contributed by atoms with van der Waals surface area (Å²) in [6, 6.07) is 12.6. The van der Waals surface area contributed by atoms with Gasteiger partial charge in [-0.2, -0.15) is 0 Å². The average Bonchev–Trinajstić information content (AvgIpc) is 1.66. The van der Waals surface area contributed by atoms with E-state index in [9.17, 15) is 73.8 Å². The second kappa shape index (κ2) is 34.6. The number of carboxylic acids is 1. The predicted molar refractivity (Wildman–Crippen MR) is 375 cm³/mol. The molecule has 0 spiro atoms. The molecular weight excluding hydrogens is 1370 g/mol. The van der Waals surface area contributed by atoms with E-state index in [0.29, 0.717) is 71.8 Å². The summed E-state index contributed by atoms with van der Waals surface area (Å²) in [5.41, 5.74) is 2.82. The molecule has 4 aromatic rings. The molecule has 5 aliphatic heterocycles. The van der Waals surface area contributed by atoms with Crippen LogP contribution in [0.3, 0.4) is 0 Å². The number of aliphatic carboxylic acids is 1. The molecule has 3 saturated heterocycles. The number of nitrogens with zero attached hydrogens (tertiary/aromatic N) is 4. The van der Waals surface area contributed by atoms with Crippen molar-refractivity contribution in [3.8, 4) is 23.0 Å². The van der Waals surface area contributed by atoms with E-state index in [4.69, 9.17) is 42.6 Å². The Morgan fingerprint density at radius 3 is 1.70 bits per heavy atom. The Morgan fingerprint density at radius 2 is 1.18 bits per heavy atom. The van der Waals surface area contributed by atoms with Crippen molar-refractivity contribution in [3.63, 3.8) is 0 Å². The summed E-state index contributed by atoms with van der Waals surface area (Å²) in [6.45, 7) is 22.6. The number of carboxylic acid groups (broad SMARTS) is 1. The molecule has 5 aliphatic rings. The fourth-order valence-corrected chi connectivity index (χ4v) is 12.8. The minimum absolute atomic E-state index is 0.000363. The van der Waals surface area contributed by atoms with Gasteiger partial charge in [0.05, 0.1) is 73.2 Å². The third-order valence-corrected chi connectivity index (χ3v) is 18.4. The highest BCUT2D eigenvalue weighted by molar-refractivity contribution is 6.07. The molecule has 6 amide bonds. The maximum atomic E-state index is 14.5. The first-order valence-corrected chi connectivity index (χ1v) is 34.8. The highest BCUT2D eigenvalue weighted by Crippen LogP contribution is 2.42. The quantitative estimate of drug-likeness (QED) is 0.0103. The van der Waals surface area contributed by atoms with Crippen molar-refractivity contribution in [2.75, 3.05) is 63.0 Å². The number of benzene rings is 4. The van der Waals surface area contributed by atoms with Crippen molar-refractivity contribution in [2.45, 2.75) is 181 Å². The molecule has 5 heterocycles. The lowest BCUT2D eigenvalue weighted by molar-refractivity contribution is -0.271. The fraction of sp³-hybridized carbons (Fsp3) is 0.507. The van der Waals surface area contributed by atoms with Gasteiger partial charge in [-0.05, 0) is 123 Å². The van der Waals surface area contributed by atoms with Gasteiger partial charge in [0.25, 0.3) is 11.8 Å². The van der Waals surface area contributed by atoms with Crippen molar-refractivity contribution in [3.05, 3.63) is 130 Å². The minimum atomic E-state index is -1.99. The molecule has 568 valence electrons. The molecule has 105 heavy (non-hydrogen) atoms. The minimum Gasteiger partial charge on any atom is -0.493 e. The van der Waals surface area contributed by atoms with E-state index in [1.54, 1.807) is 52.0 Å². The van der Waals surface area contributed by atoms with Crippen molar-refractivity contribution >= 4 is 64.9 Å². The largest absolute Gasteiger partial charge is 0.493 e. The Kier molecular flexibility index (Phi) is 26.2. The zero-order chi connectivity index (χ0) is 76.5. The van der Waals surface area contributed by atoms with Crippen molar-refractivity contribution < 1.29 is 116 Å². The smallest absolute Gasteiger partial charge is 0.416 e. The molecule has 0 radical (unpaired) electrons. The monoisotopic (exact) mass is 1460 g/mol. The number of ketones is 1. The fourth-order valence-electron chi connectivity index (χ4n) is 12.8. The van der Waals surface area contributed by atoms with Gasteiger partial charge in [0.2, 0.25) is 18.1 Å². The van der Waals surface area contributed by atoms with E-state index in [-0.39, 0.29) is 116 Å². The first-order chi connectivity index (χ1) is 49.7. The highest BCUT2D eigenvalue weighted by Gasteiger charge is 2.50. The first kappa shape index (κ1) is 79.6. The van der Waals surface area contributed by atoms with Crippen LogP contribution >= 0.6 is 0 Å². The average molecular weight is 1460 g/mol. The number of amides is 6. The van der Waals surface area contributed by atoms with Gasteiger partial charge < -0.3 is 93.7 Å². The van der Waals surface area contributed by atoms with Crippen LogP contribution < -0.4 is 39.4 Å². The zero-order valence-electron chi connectivity index (χ0n) is 60.3. The third kappa shape index (κ3) is 19.1. The van der Waals surface area contributed by atoms with E-state index in [2.05, 4.69) is 23.8 Å². The summed E-state index contributed by atoms with van der Waals surface area (Å²) >= 11 is 0. The second-order valence-corrected chi connectivity index (χ2v) is 28.4. The number of ether oxygens (including phenoxy) is 9. The highest BCUT2D eigenvalue weighted by atomic mass is 16.7. The molecule has 0 bridgehead atoms. The van der Waals surface area contributed by atoms with E-state index in [1.165, 1.54) is 66.3 Å². The molecule has 0 aromatic heterocycles. The standard InChI is InChI=1S/C75H94N6O24/c1-39(2)60(77-59(83)21-24-98-26-25-97-11)65(87)76-44(7)71(94)103-47-18-15-45(16-19-47)37-101-73(95)80-51-32-57(42(5)29-48(51)66(88)78-35-40(3)27-53(78)68(80)90)99-22-13-12-14-23-100-58-33-52-49(30-43(58)6)67(89)79-36-41(4)28-54(79)69(91)81(52)74(96)102-38-46-17-20-56(50(31-46)55(82)34-75(8,9)10)104-72-63(86)61(84)62(85)64(105-72)70(92)93/h15-20,29-33,39,44,53-54,60-64,68-69,72,84-86,90-91H,3-4,12-14,21-28,34-38H2,1-2,5-11H3,(H,76,87)(H,77,83)(H,92,93)/t44-,53-,54-,60-,61-,62-,63+,64-,68?,69?,72+/m0/s1. The number of carbonyl (C=O) groups excluding carboxylic acids is 8. The van der Waals surface area contributed by atoms with Gasteiger partial charge in [0.15, 0.2) is 24.3 Å². The molecule has 3 fully saturated rings. The molecule has 0 aliphatic carbocycles. The number of aliphatic hydroxyl groups is 5. The topological polar surface area (TPSA) is 395 Å². The lowest BCUT2D eigenvalue weighted by atomic mass is 9.87. The first-order valence-electron chi connectivity index (χ1n) is 34.8. The van der Waals surface area contributed by atoms with Crippen molar-refractivity contribution in [2.24, 2.45) is 11.3 Å². The summed E-state index contributed by atoms with van der Waals surface area (Å²) in [5, 5.41) is 70.4. The number of Topliss-reactive ketones (excluding diaryl/α,β-unsaturated/α-hetero) is 1. The van der Waals surface area contributed by atoms with Crippen LogP contribution in [0.4, 0.5) is 21.0 Å². The maximum Gasteiger partial charge on any atom is 0.416 e. The van der Waals surface area contributed by atoms with E-state index < -0.39 is 133 Å². The summed E-state index contributed by atoms with van der Waals surface area (Å²) in [6.07, 6.45) is -13.0. The SMILES string of the molecule is C=C1C[C@H]2C(O)N(C(=O)OCc3ccc(OC(=O)[C@H](C)NC(=O)[C@@H](NC(=O)CCOCCOC)C(C)C)cc3)c3cc(OCCCCCOc4cc5c(cc4C)C(=O)N4CC(=C)C[C@H]4C(O)N5C(=O)OCc4ccc(O[C@@H]5O[C@H](C(=O)O)[C@@H](O)[C@H](O)[C@H]5O)c(C(=O)CC(C)(C)C)c4)c(C)cc3C(=O)N2C1. The Morgan fingerprint density at radius 1 is 0.648 bits per heavy atom. The second-order valence-electron chi connectivity index (χ2n) is 28.4. The summed E-state index contributed by atoms with van der Waals surface area (Å²) < 4.78 is 51.2. The van der Waals surface area contributed by atoms with Gasteiger partial charge in [0.1, 0.15) is 66.6 Å². The van der Waals surface area contributed by atoms with Crippen LogP contribution in [0.5, 0.6) is 23.0 Å². The van der Waals surface area contributed by atoms with Crippen LogP contribution in [0.2, 0.25) is 0 Å². The number of hydrogen-bond donors (Lipinski definition) is 8. The molecular formula is C75H94N6O24. The lowest BCUT2D eigenvalue weighted by Gasteiger charge is -2.38. The molecule has 4 aromatic carbocycles. The Hall–Kier alpha value is -9.53. The molecule has 2 unspecified atom stereocenters. The van der Waals surface area contributed by atoms with Gasteiger partial charge in [0, 0.05) is 45.2 Å². The molecule has 8 N–H and O–H groups in total.